The fourth-order valence-corrected chi connectivity index (χ4v) is 1.70. The molecule has 0 fully saturated rings. The maximum absolute atomic E-state index is 11.7. The van der Waals surface area contributed by atoms with Crippen molar-refractivity contribution >= 4 is 23.3 Å². The number of anilines is 2. The molecule has 0 spiro atoms. The van der Waals surface area contributed by atoms with Crippen LogP contribution in [0.1, 0.15) is 13.3 Å². The number of rotatable bonds is 2. The summed E-state index contributed by atoms with van der Waals surface area (Å²) in [5.74, 6) is -0.616. The van der Waals surface area contributed by atoms with Crippen LogP contribution >= 0.6 is 0 Å². The molecule has 1 aromatic rings. The smallest absolute Gasteiger partial charge is 0.332 e. The monoisotopic (exact) mass is 246 g/mol. The van der Waals surface area contributed by atoms with Gasteiger partial charge in [-0.15, -0.1) is 0 Å². The van der Waals surface area contributed by atoms with Crippen molar-refractivity contribution in [1.29, 1.82) is 0 Å². The molecule has 0 radical (unpaired) electrons. The second kappa shape index (κ2) is 5.35. The summed E-state index contributed by atoms with van der Waals surface area (Å²) in [4.78, 5) is 23.0. The van der Waals surface area contributed by atoms with Crippen LogP contribution in [0.2, 0.25) is 0 Å². The van der Waals surface area contributed by atoms with Gasteiger partial charge in [0.15, 0.2) is 0 Å². The van der Waals surface area contributed by atoms with Gasteiger partial charge in [-0.2, -0.15) is 0 Å². The molecule has 0 bridgehead atoms. The normalized spacial score (nSPS) is 16.3. The van der Waals surface area contributed by atoms with E-state index in [1.165, 1.54) is 6.08 Å². The minimum absolute atomic E-state index is 0.119. The molecule has 0 aliphatic carbocycles. The number of para-hydroxylation sites is 2. The molecule has 2 rings (SSSR count). The molecular formula is C13H14N2O3. The lowest BCUT2D eigenvalue weighted by Crippen LogP contribution is -2.11. The zero-order valence-electron chi connectivity index (χ0n) is 10.0. The van der Waals surface area contributed by atoms with Crippen LogP contribution in [0.4, 0.5) is 11.4 Å². The van der Waals surface area contributed by atoms with Crippen molar-refractivity contribution in [3.63, 3.8) is 0 Å². The number of amides is 1. The van der Waals surface area contributed by atoms with Crippen LogP contribution in [0.15, 0.2) is 36.0 Å². The third kappa shape index (κ3) is 2.88. The number of esters is 1. The standard InChI is InChI=1S/C13H14N2O3/c1-2-18-13(17)8-9-7-12(16)15-11-6-4-3-5-10(11)14-9/h3-6,8,14H,2,7H2,1H3,(H,15,16). The van der Waals surface area contributed by atoms with Crippen LogP contribution in [0.3, 0.4) is 0 Å². The van der Waals surface area contributed by atoms with Gasteiger partial charge >= 0.3 is 5.97 Å². The van der Waals surface area contributed by atoms with E-state index in [0.29, 0.717) is 18.0 Å². The molecule has 1 amide bonds. The second-order valence-corrected chi connectivity index (χ2v) is 3.82. The third-order valence-electron chi connectivity index (χ3n) is 2.43. The van der Waals surface area contributed by atoms with Crippen molar-refractivity contribution in [2.75, 3.05) is 17.2 Å². The van der Waals surface area contributed by atoms with Crippen molar-refractivity contribution in [3.8, 4) is 0 Å². The van der Waals surface area contributed by atoms with Crippen molar-refractivity contribution in [2.24, 2.45) is 0 Å². The first-order valence-electron chi connectivity index (χ1n) is 5.72. The Kier molecular flexibility index (Phi) is 3.62. The predicted octanol–water partition coefficient (Wildman–Crippen LogP) is 1.89. The number of hydrogen-bond donors (Lipinski definition) is 2. The Morgan fingerprint density at radius 1 is 1.33 bits per heavy atom. The topological polar surface area (TPSA) is 67.4 Å². The minimum Gasteiger partial charge on any atom is -0.463 e. The number of hydrogen-bond acceptors (Lipinski definition) is 4. The molecule has 0 saturated carbocycles. The Balaban J connectivity index is 2.25. The summed E-state index contributed by atoms with van der Waals surface area (Å²) in [6, 6.07) is 7.32. The first kappa shape index (κ1) is 12.2. The highest BCUT2D eigenvalue weighted by Gasteiger charge is 2.16. The summed E-state index contributed by atoms with van der Waals surface area (Å²) in [5, 5.41) is 5.82. The average Bonchev–Trinajstić information content (AvgIpc) is 2.46. The molecule has 0 saturated heterocycles. The molecule has 0 atom stereocenters. The van der Waals surface area contributed by atoms with E-state index in [9.17, 15) is 9.59 Å². The lowest BCUT2D eigenvalue weighted by atomic mass is 10.2. The molecule has 1 aromatic carbocycles. The molecule has 1 aliphatic heterocycles. The first-order valence-corrected chi connectivity index (χ1v) is 5.72. The maximum Gasteiger partial charge on any atom is 0.332 e. The average molecular weight is 246 g/mol. The summed E-state index contributed by atoms with van der Waals surface area (Å²) >= 11 is 0. The van der Waals surface area contributed by atoms with Crippen LogP contribution in [0.25, 0.3) is 0 Å². The Morgan fingerprint density at radius 3 is 2.67 bits per heavy atom. The molecule has 1 heterocycles. The maximum atomic E-state index is 11.7. The van der Waals surface area contributed by atoms with Crippen LogP contribution in [-0.2, 0) is 14.3 Å². The Bertz CT molecular complexity index is 509. The summed E-state index contributed by atoms with van der Waals surface area (Å²) < 4.78 is 4.82. The predicted molar refractivity (Wildman–Crippen MR) is 68.0 cm³/mol. The fraction of sp³-hybridized carbons (Fsp3) is 0.231. The molecule has 5 nitrogen and oxygen atoms in total. The Labute approximate surface area is 105 Å². The van der Waals surface area contributed by atoms with E-state index in [2.05, 4.69) is 10.6 Å². The van der Waals surface area contributed by atoms with Crippen molar-refractivity contribution in [1.82, 2.24) is 0 Å². The molecule has 94 valence electrons. The van der Waals surface area contributed by atoms with E-state index in [1.807, 2.05) is 18.2 Å². The highest BCUT2D eigenvalue weighted by Crippen LogP contribution is 2.26. The number of nitrogens with one attached hydrogen (secondary N) is 2. The van der Waals surface area contributed by atoms with Gasteiger partial charge in [0.2, 0.25) is 5.91 Å². The van der Waals surface area contributed by atoms with Gasteiger partial charge in [0.1, 0.15) is 0 Å². The molecule has 1 aliphatic rings. The first-order chi connectivity index (χ1) is 8.69. The quantitative estimate of drug-likeness (QED) is 0.617. The van der Waals surface area contributed by atoms with Gasteiger partial charge in [0.25, 0.3) is 0 Å². The van der Waals surface area contributed by atoms with E-state index in [-0.39, 0.29) is 12.3 Å². The van der Waals surface area contributed by atoms with Gasteiger partial charge in [-0.1, -0.05) is 12.1 Å². The number of carbonyl (C=O) groups is 2. The van der Waals surface area contributed by atoms with E-state index >= 15 is 0 Å². The van der Waals surface area contributed by atoms with Crippen molar-refractivity contribution < 1.29 is 14.3 Å². The number of fused-ring (bicyclic) bond motifs is 1. The zero-order chi connectivity index (χ0) is 13.0. The number of carbonyl (C=O) groups excluding carboxylic acids is 2. The molecule has 0 unspecified atom stereocenters. The Hall–Kier alpha value is -2.30. The number of benzene rings is 1. The van der Waals surface area contributed by atoms with Crippen LogP contribution in [0.5, 0.6) is 0 Å². The highest BCUT2D eigenvalue weighted by molar-refractivity contribution is 5.99. The van der Waals surface area contributed by atoms with Gasteiger partial charge in [-0.05, 0) is 19.1 Å². The fourth-order valence-electron chi connectivity index (χ4n) is 1.70. The van der Waals surface area contributed by atoms with Gasteiger partial charge in [0, 0.05) is 11.8 Å². The Morgan fingerprint density at radius 2 is 2.00 bits per heavy atom. The highest BCUT2D eigenvalue weighted by atomic mass is 16.5. The molecule has 18 heavy (non-hydrogen) atoms. The van der Waals surface area contributed by atoms with Gasteiger partial charge in [0.05, 0.1) is 24.4 Å². The third-order valence-corrected chi connectivity index (χ3v) is 2.43. The molecule has 5 heteroatoms. The second-order valence-electron chi connectivity index (χ2n) is 3.82. The van der Waals surface area contributed by atoms with Gasteiger partial charge in [-0.25, -0.2) is 4.79 Å². The lowest BCUT2D eigenvalue weighted by molar-refractivity contribution is -0.137. The van der Waals surface area contributed by atoms with E-state index in [0.717, 1.165) is 5.69 Å². The molecule has 0 aromatic heterocycles. The van der Waals surface area contributed by atoms with E-state index in [4.69, 9.17) is 4.74 Å². The molecule has 2 N–H and O–H groups in total. The van der Waals surface area contributed by atoms with Crippen LogP contribution in [-0.4, -0.2) is 18.5 Å². The van der Waals surface area contributed by atoms with Crippen LogP contribution < -0.4 is 10.6 Å². The lowest BCUT2D eigenvalue weighted by Gasteiger charge is -2.07. The van der Waals surface area contributed by atoms with Crippen LogP contribution in [0, 0.1) is 0 Å². The van der Waals surface area contributed by atoms with Gasteiger partial charge in [-0.3, -0.25) is 4.79 Å². The van der Waals surface area contributed by atoms with E-state index in [1.54, 1.807) is 13.0 Å². The summed E-state index contributed by atoms with van der Waals surface area (Å²) in [6.45, 7) is 2.05. The minimum atomic E-state index is -0.452. The summed E-state index contributed by atoms with van der Waals surface area (Å²) in [5.41, 5.74) is 1.99. The number of ether oxygens (including phenoxy) is 1. The zero-order valence-corrected chi connectivity index (χ0v) is 10.0. The van der Waals surface area contributed by atoms with Crippen molar-refractivity contribution in [2.45, 2.75) is 13.3 Å². The largest absolute Gasteiger partial charge is 0.463 e. The SMILES string of the molecule is CCOC(=O)C=C1CC(=O)Nc2ccccc2N1. The van der Waals surface area contributed by atoms with Gasteiger partial charge < -0.3 is 15.4 Å². The summed E-state index contributed by atoms with van der Waals surface area (Å²) in [7, 11) is 0. The summed E-state index contributed by atoms with van der Waals surface area (Å²) in [6.07, 6.45) is 1.43. The van der Waals surface area contributed by atoms with E-state index < -0.39 is 5.97 Å². The van der Waals surface area contributed by atoms with Crippen molar-refractivity contribution in [3.05, 3.63) is 36.0 Å². The molecular weight excluding hydrogens is 232 g/mol.